The summed E-state index contributed by atoms with van der Waals surface area (Å²) in [7, 11) is -3.57. The fraction of sp³-hybridized carbons (Fsp3) is 0.778. The van der Waals surface area contributed by atoms with Crippen molar-refractivity contribution in [3.8, 4) is 0 Å². The fourth-order valence-electron chi connectivity index (χ4n) is 8.54. The largest absolute Gasteiger partial charge is 0.341 e. The lowest BCUT2D eigenvalue weighted by Crippen LogP contribution is -2.51. The van der Waals surface area contributed by atoms with E-state index in [0.29, 0.717) is 37.3 Å². The van der Waals surface area contributed by atoms with Crippen molar-refractivity contribution in [3.05, 3.63) is 11.3 Å². The summed E-state index contributed by atoms with van der Waals surface area (Å²) in [6, 6.07) is 0. The lowest BCUT2D eigenvalue weighted by molar-refractivity contribution is -0.143. The molecule has 0 aromatic rings. The van der Waals surface area contributed by atoms with Gasteiger partial charge < -0.3 is 4.90 Å². The molecule has 9 unspecified atom stereocenters. The molecule has 0 radical (unpaired) electrons. The number of nitrogens with one attached hydrogen (secondary N) is 1. The molecule has 0 aromatic carbocycles. The molecule has 7 aliphatic rings. The number of nitrogens with zero attached hydrogens (tertiary/aromatic N) is 2. The summed E-state index contributed by atoms with van der Waals surface area (Å²) in [6.07, 6.45) is 4.83. The molecule has 5 aliphatic carbocycles. The van der Waals surface area contributed by atoms with Gasteiger partial charge in [-0.05, 0) is 60.2 Å². The van der Waals surface area contributed by atoms with Crippen LogP contribution in [0.25, 0.3) is 0 Å². The van der Waals surface area contributed by atoms with Gasteiger partial charge in [0.1, 0.15) is 0 Å². The fourth-order valence-corrected chi connectivity index (χ4v) is 9.40. The van der Waals surface area contributed by atoms with E-state index < -0.39 is 10.2 Å². The van der Waals surface area contributed by atoms with E-state index in [1.807, 2.05) is 4.90 Å². The molecule has 5 saturated carbocycles. The van der Waals surface area contributed by atoms with E-state index in [0.717, 1.165) is 46.8 Å². The molecule has 0 saturated heterocycles. The minimum Gasteiger partial charge on any atom is -0.338 e. The molecule has 132 valence electrons. The number of amides is 1. The molecule has 6 nitrogen and oxygen atoms in total. The molecule has 0 spiro atoms. The molecule has 9 atom stereocenters. The van der Waals surface area contributed by atoms with E-state index in [2.05, 4.69) is 9.12 Å². The smallest absolute Gasteiger partial charge is 0.338 e. The Bertz CT molecular complexity index is 887. The van der Waals surface area contributed by atoms with Crippen molar-refractivity contribution >= 4 is 22.3 Å². The summed E-state index contributed by atoms with van der Waals surface area (Å²) in [6.45, 7) is 1.13. The summed E-state index contributed by atoms with van der Waals surface area (Å²) in [5.74, 6) is 7.29. The predicted octanol–water partition coefficient (Wildman–Crippen LogP) is 0.786. The quantitative estimate of drug-likeness (QED) is 0.752. The molecule has 7 heteroatoms. The van der Waals surface area contributed by atoms with Gasteiger partial charge in [0, 0.05) is 42.9 Å². The molecular weight excluding hydrogens is 338 g/mol. The average molecular weight is 359 g/mol. The zero-order chi connectivity index (χ0) is 16.7. The Morgan fingerprint density at radius 2 is 1.84 bits per heavy atom. The molecule has 7 rings (SSSR count). The van der Waals surface area contributed by atoms with Crippen LogP contribution in [0, 0.1) is 53.3 Å². The molecular formula is C18H21N3O3S. The van der Waals surface area contributed by atoms with Gasteiger partial charge in [0.15, 0.2) is 0 Å². The van der Waals surface area contributed by atoms with Gasteiger partial charge in [0.05, 0.1) is 0 Å². The van der Waals surface area contributed by atoms with Crippen LogP contribution >= 0.6 is 0 Å². The Kier molecular flexibility index (Phi) is 2.19. The van der Waals surface area contributed by atoms with Crippen LogP contribution in [-0.4, -0.2) is 38.5 Å². The number of carbonyl (C=O) groups excluding carboxylic acids is 1. The number of carbonyl (C=O) groups is 1. The summed E-state index contributed by atoms with van der Waals surface area (Å²) in [5.41, 5.74) is 1.58. The first kappa shape index (κ1) is 13.8. The molecule has 25 heavy (non-hydrogen) atoms. The second-order valence-corrected chi connectivity index (χ2v) is 10.7. The molecule has 5 fully saturated rings. The summed E-state index contributed by atoms with van der Waals surface area (Å²) in [4.78, 5) is 15.4. The van der Waals surface area contributed by atoms with Crippen LogP contribution in [0.2, 0.25) is 0 Å². The van der Waals surface area contributed by atoms with Crippen LogP contribution in [0.1, 0.15) is 19.3 Å². The second-order valence-electron chi connectivity index (χ2n) is 9.29. The van der Waals surface area contributed by atoms with Gasteiger partial charge in [-0.3, -0.25) is 9.52 Å². The van der Waals surface area contributed by atoms with E-state index in [9.17, 15) is 13.2 Å². The monoisotopic (exact) mass is 359 g/mol. The Morgan fingerprint density at radius 3 is 2.68 bits per heavy atom. The Labute approximate surface area is 146 Å². The summed E-state index contributed by atoms with van der Waals surface area (Å²) >= 11 is 0. The Balaban J connectivity index is 1.18. The van der Waals surface area contributed by atoms with Gasteiger partial charge in [-0.2, -0.15) is 12.8 Å². The third kappa shape index (κ3) is 1.41. The van der Waals surface area contributed by atoms with Gasteiger partial charge >= 0.3 is 10.2 Å². The van der Waals surface area contributed by atoms with E-state index in [-0.39, 0.29) is 5.92 Å². The Morgan fingerprint density at radius 1 is 1.08 bits per heavy atom. The first-order chi connectivity index (χ1) is 12.0. The minimum atomic E-state index is -3.57. The lowest BCUT2D eigenvalue weighted by atomic mass is 9.57. The van der Waals surface area contributed by atoms with Crippen molar-refractivity contribution in [2.75, 3.05) is 13.1 Å². The lowest BCUT2D eigenvalue weighted by Gasteiger charge is -2.48. The molecule has 1 N–H and O–H groups in total. The highest BCUT2D eigenvalue weighted by Gasteiger charge is 2.81. The highest BCUT2D eigenvalue weighted by Crippen LogP contribution is 2.84. The average Bonchev–Trinajstić information content (AvgIpc) is 3.12. The van der Waals surface area contributed by atoms with Gasteiger partial charge in [-0.25, -0.2) is 0 Å². The van der Waals surface area contributed by atoms with E-state index in [1.165, 1.54) is 19.1 Å². The van der Waals surface area contributed by atoms with Crippen LogP contribution in [0.15, 0.2) is 15.7 Å². The third-order valence-corrected chi connectivity index (χ3v) is 9.79. The van der Waals surface area contributed by atoms with Gasteiger partial charge in [0.25, 0.3) is 0 Å². The van der Waals surface area contributed by atoms with Crippen molar-refractivity contribution in [3.63, 3.8) is 0 Å². The first-order valence-corrected chi connectivity index (χ1v) is 11.1. The maximum atomic E-state index is 13.4. The zero-order valence-electron chi connectivity index (χ0n) is 13.8. The third-order valence-electron chi connectivity index (χ3n) is 8.90. The Hall–Kier alpha value is -1.37. The van der Waals surface area contributed by atoms with Crippen LogP contribution in [-0.2, 0) is 15.0 Å². The van der Waals surface area contributed by atoms with Crippen molar-refractivity contribution in [2.45, 2.75) is 19.3 Å². The van der Waals surface area contributed by atoms with E-state index in [1.54, 1.807) is 0 Å². The van der Waals surface area contributed by atoms with E-state index >= 15 is 0 Å². The number of rotatable bonds is 1. The maximum absolute atomic E-state index is 13.4. The molecule has 2 heterocycles. The molecule has 2 bridgehead atoms. The van der Waals surface area contributed by atoms with Crippen molar-refractivity contribution in [2.24, 2.45) is 57.7 Å². The van der Waals surface area contributed by atoms with E-state index in [4.69, 9.17) is 0 Å². The first-order valence-electron chi connectivity index (χ1n) is 9.62. The van der Waals surface area contributed by atoms with Crippen molar-refractivity contribution in [1.82, 2.24) is 9.62 Å². The normalized spacial score (nSPS) is 54.7. The number of hydrogen-bond acceptors (Lipinski definition) is 3. The van der Waals surface area contributed by atoms with Crippen molar-refractivity contribution < 1.29 is 13.2 Å². The van der Waals surface area contributed by atoms with Gasteiger partial charge in [-0.15, -0.1) is 0 Å². The topological polar surface area (TPSA) is 78.8 Å². The van der Waals surface area contributed by atoms with Gasteiger partial charge in [-0.1, -0.05) is 0 Å². The second kappa shape index (κ2) is 3.97. The molecule has 2 aliphatic heterocycles. The highest BCUT2D eigenvalue weighted by molar-refractivity contribution is 7.88. The van der Waals surface area contributed by atoms with Crippen LogP contribution in [0.3, 0.4) is 0 Å². The predicted molar refractivity (Wildman–Crippen MR) is 89.4 cm³/mol. The van der Waals surface area contributed by atoms with Crippen molar-refractivity contribution in [1.29, 1.82) is 0 Å². The maximum Gasteiger partial charge on any atom is 0.341 e. The molecule has 1 amide bonds. The summed E-state index contributed by atoms with van der Waals surface area (Å²) in [5, 5.41) is 0. The van der Waals surface area contributed by atoms with Crippen LogP contribution in [0.5, 0.6) is 0 Å². The minimum absolute atomic E-state index is 0.266. The zero-order valence-corrected chi connectivity index (χ0v) is 14.7. The summed E-state index contributed by atoms with van der Waals surface area (Å²) < 4.78 is 29.2. The van der Waals surface area contributed by atoms with Crippen LogP contribution in [0.4, 0.5) is 0 Å². The SMILES string of the molecule is O=C(C1C2C3CC4C5C3CC2C5C41)N1CCC2=C(C=NS(=O)(=O)N2)C1. The highest BCUT2D eigenvalue weighted by atomic mass is 32.2. The van der Waals surface area contributed by atoms with Crippen LogP contribution < -0.4 is 4.72 Å². The number of hydrogen-bond donors (Lipinski definition) is 1. The standard InChI is InChI=1S/C18H21N3O3S/c22-18(21-2-1-12-7(6-21)5-19-25(23,24)20-12)17-14-9-4-10-13-8(9)3-11(14)15(13)16(10)17/h5,8-11,13-17,20H,1-4,6H2. The molecule has 0 aromatic heterocycles. The number of fused-ring (bicyclic) bond motifs is 2. The van der Waals surface area contributed by atoms with Gasteiger partial charge in [0.2, 0.25) is 5.91 Å².